The number of ether oxygens (including phenoxy) is 2. The van der Waals surface area contributed by atoms with Crippen molar-refractivity contribution in [3.8, 4) is 5.75 Å². The normalized spacial score (nSPS) is 11.5. The Balaban J connectivity index is 2.17. The zero-order valence-electron chi connectivity index (χ0n) is 15.0. The first-order valence-electron chi connectivity index (χ1n) is 8.18. The van der Waals surface area contributed by atoms with Crippen LogP contribution in [-0.4, -0.2) is 25.1 Å². The molecule has 0 aliphatic rings. The first-order chi connectivity index (χ1) is 12.0. The fraction of sp³-hybridized carbons (Fsp3) is 0.300. The van der Waals surface area contributed by atoms with Crippen LogP contribution >= 0.6 is 0 Å². The van der Waals surface area contributed by atoms with Crippen molar-refractivity contribution in [3.05, 3.63) is 59.2 Å². The second-order valence-electron chi connectivity index (χ2n) is 5.79. The third-order valence-corrected chi connectivity index (χ3v) is 3.94. The molecule has 2 aromatic rings. The maximum Gasteiger partial charge on any atom is 0.337 e. The molecule has 0 radical (unpaired) electrons. The van der Waals surface area contributed by atoms with E-state index in [1.165, 1.54) is 7.11 Å². The van der Waals surface area contributed by atoms with Gasteiger partial charge in [0.15, 0.2) is 6.10 Å². The van der Waals surface area contributed by atoms with E-state index in [-0.39, 0.29) is 5.91 Å². The number of nitrogens with one attached hydrogen (secondary N) is 1. The van der Waals surface area contributed by atoms with E-state index in [0.29, 0.717) is 23.4 Å². The Morgan fingerprint density at radius 2 is 1.80 bits per heavy atom. The van der Waals surface area contributed by atoms with Gasteiger partial charge in [0, 0.05) is 5.69 Å². The lowest BCUT2D eigenvalue weighted by Crippen LogP contribution is -2.32. The molecule has 0 spiro atoms. The Hall–Kier alpha value is -2.82. The Morgan fingerprint density at radius 3 is 2.44 bits per heavy atom. The van der Waals surface area contributed by atoms with Crippen LogP contribution in [0, 0.1) is 13.8 Å². The second-order valence-corrected chi connectivity index (χ2v) is 5.79. The van der Waals surface area contributed by atoms with E-state index in [1.807, 2.05) is 45.0 Å². The van der Waals surface area contributed by atoms with Crippen LogP contribution in [0.4, 0.5) is 5.69 Å². The van der Waals surface area contributed by atoms with Gasteiger partial charge in [-0.15, -0.1) is 0 Å². The predicted molar refractivity (Wildman–Crippen MR) is 97.0 cm³/mol. The van der Waals surface area contributed by atoms with Crippen LogP contribution in [-0.2, 0) is 9.53 Å². The zero-order chi connectivity index (χ0) is 18.4. The average molecular weight is 341 g/mol. The van der Waals surface area contributed by atoms with Gasteiger partial charge >= 0.3 is 5.97 Å². The number of methoxy groups -OCH3 is 1. The van der Waals surface area contributed by atoms with Crippen molar-refractivity contribution in [1.29, 1.82) is 0 Å². The van der Waals surface area contributed by atoms with Crippen molar-refractivity contribution in [1.82, 2.24) is 0 Å². The number of aryl methyl sites for hydroxylation is 2. The molecule has 2 rings (SSSR count). The van der Waals surface area contributed by atoms with E-state index < -0.39 is 12.1 Å². The van der Waals surface area contributed by atoms with Gasteiger partial charge in [0.1, 0.15) is 5.75 Å². The topological polar surface area (TPSA) is 64.6 Å². The molecule has 0 heterocycles. The van der Waals surface area contributed by atoms with Crippen LogP contribution in [0.15, 0.2) is 42.5 Å². The molecule has 25 heavy (non-hydrogen) atoms. The summed E-state index contributed by atoms with van der Waals surface area (Å²) in [6, 6.07) is 12.6. The lowest BCUT2D eigenvalue weighted by molar-refractivity contribution is -0.122. The highest BCUT2D eigenvalue weighted by molar-refractivity contribution is 5.97. The largest absolute Gasteiger partial charge is 0.480 e. The maximum absolute atomic E-state index is 12.6. The summed E-state index contributed by atoms with van der Waals surface area (Å²) >= 11 is 0. The van der Waals surface area contributed by atoms with Gasteiger partial charge in [0.25, 0.3) is 5.91 Å². The molecular formula is C20H23NO4. The molecule has 2 aromatic carbocycles. The van der Waals surface area contributed by atoms with Gasteiger partial charge in [0.05, 0.1) is 12.7 Å². The molecule has 0 unspecified atom stereocenters. The molecule has 0 bridgehead atoms. The number of hydrogen-bond acceptors (Lipinski definition) is 4. The van der Waals surface area contributed by atoms with Gasteiger partial charge in [0.2, 0.25) is 0 Å². The van der Waals surface area contributed by atoms with Gasteiger partial charge in [-0.2, -0.15) is 0 Å². The quantitative estimate of drug-likeness (QED) is 0.810. The number of esters is 1. The number of para-hydroxylation sites is 1. The first-order valence-corrected chi connectivity index (χ1v) is 8.18. The molecule has 0 saturated heterocycles. The number of anilines is 1. The van der Waals surface area contributed by atoms with Crippen molar-refractivity contribution < 1.29 is 19.1 Å². The smallest absolute Gasteiger partial charge is 0.337 e. The number of hydrogen-bond donors (Lipinski definition) is 1. The number of carbonyl (C=O) groups is 2. The van der Waals surface area contributed by atoms with E-state index >= 15 is 0 Å². The summed E-state index contributed by atoms with van der Waals surface area (Å²) in [4.78, 5) is 24.3. The second kappa shape index (κ2) is 8.33. The van der Waals surface area contributed by atoms with Crippen LogP contribution in [0.1, 0.15) is 34.8 Å². The van der Waals surface area contributed by atoms with Gasteiger partial charge in [-0.1, -0.05) is 31.2 Å². The van der Waals surface area contributed by atoms with Crippen LogP contribution in [0.2, 0.25) is 0 Å². The number of benzene rings is 2. The van der Waals surface area contributed by atoms with Crippen molar-refractivity contribution >= 4 is 17.6 Å². The van der Waals surface area contributed by atoms with E-state index in [2.05, 4.69) is 5.32 Å². The summed E-state index contributed by atoms with van der Waals surface area (Å²) in [5.41, 5.74) is 2.78. The van der Waals surface area contributed by atoms with Crippen molar-refractivity contribution in [2.24, 2.45) is 0 Å². The van der Waals surface area contributed by atoms with E-state index in [0.717, 1.165) is 11.1 Å². The summed E-state index contributed by atoms with van der Waals surface area (Å²) in [6.07, 6.45) is -0.0992. The minimum Gasteiger partial charge on any atom is -0.480 e. The van der Waals surface area contributed by atoms with Gasteiger partial charge in [-0.25, -0.2) is 4.79 Å². The third-order valence-electron chi connectivity index (χ3n) is 3.94. The van der Waals surface area contributed by atoms with Crippen molar-refractivity contribution in [2.75, 3.05) is 12.4 Å². The molecule has 0 saturated carbocycles. The Bertz CT molecular complexity index is 770. The molecule has 0 aliphatic carbocycles. The number of amides is 1. The van der Waals surface area contributed by atoms with E-state index in [9.17, 15) is 9.59 Å². The van der Waals surface area contributed by atoms with Crippen LogP contribution < -0.4 is 10.1 Å². The highest BCUT2D eigenvalue weighted by Crippen LogP contribution is 2.21. The fourth-order valence-corrected chi connectivity index (χ4v) is 2.38. The summed E-state index contributed by atoms with van der Waals surface area (Å²) in [5.74, 6) is -0.0147. The van der Waals surface area contributed by atoms with Crippen LogP contribution in [0.25, 0.3) is 0 Å². The molecule has 1 amide bonds. The predicted octanol–water partition coefficient (Wildman–Crippen LogP) is 3.89. The van der Waals surface area contributed by atoms with Crippen LogP contribution in [0.5, 0.6) is 5.75 Å². The first kappa shape index (κ1) is 18.5. The van der Waals surface area contributed by atoms with Crippen molar-refractivity contribution in [3.63, 3.8) is 0 Å². The number of rotatable bonds is 6. The minimum atomic E-state index is -0.623. The summed E-state index contributed by atoms with van der Waals surface area (Å²) in [7, 11) is 1.32. The molecule has 0 aliphatic heterocycles. The molecule has 5 nitrogen and oxygen atoms in total. The maximum atomic E-state index is 12.6. The van der Waals surface area contributed by atoms with Gasteiger partial charge in [-0.3, -0.25) is 4.79 Å². The summed E-state index contributed by atoms with van der Waals surface area (Å²) in [5, 5.41) is 2.85. The standard InChI is InChI=1S/C20H23NO4/c1-5-17(25-18-9-7-6-8-14(18)3)19(22)21-16-12-15(20(23)24-4)11-10-13(16)2/h6-12,17H,5H2,1-4H3,(H,21,22)/t17-/m0/s1. The highest BCUT2D eigenvalue weighted by atomic mass is 16.5. The van der Waals surface area contributed by atoms with Crippen LogP contribution in [0.3, 0.4) is 0 Å². The Morgan fingerprint density at radius 1 is 1.08 bits per heavy atom. The molecule has 5 heteroatoms. The molecular weight excluding hydrogens is 318 g/mol. The van der Waals surface area contributed by atoms with Gasteiger partial charge < -0.3 is 14.8 Å². The Kier molecular flexibility index (Phi) is 6.17. The molecule has 132 valence electrons. The van der Waals surface area contributed by atoms with Crippen molar-refractivity contribution in [2.45, 2.75) is 33.3 Å². The highest BCUT2D eigenvalue weighted by Gasteiger charge is 2.20. The fourth-order valence-electron chi connectivity index (χ4n) is 2.38. The lowest BCUT2D eigenvalue weighted by atomic mass is 10.1. The van der Waals surface area contributed by atoms with E-state index in [1.54, 1.807) is 18.2 Å². The Labute approximate surface area is 148 Å². The molecule has 1 N–H and O–H groups in total. The van der Waals surface area contributed by atoms with Gasteiger partial charge in [-0.05, 0) is 49.6 Å². The SMILES string of the molecule is CC[C@H](Oc1ccccc1C)C(=O)Nc1cc(C(=O)OC)ccc1C. The lowest BCUT2D eigenvalue weighted by Gasteiger charge is -2.19. The minimum absolute atomic E-state index is 0.254. The molecule has 1 atom stereocenters. The molecule has 0 aromatic heterocycles. The zero-order valence-corrected chi connectivity index (χ0v) is 15.0. The summed E-state index contributed by atoms with van der Waals surface area (Å²) < 4.78 is 10.6. The third kappa shape index (κ3) is 4.59. The average Bonchev–Trinajstić information content (AvgIpc) is 2.62. The summed E-state index contributed by atoms with van der Waals surface area (Å²) in [6.45, 7) is 5.68. The monoisotopic (exact) mass is 341 g/mol. The number of carbonyl (C=O) groups excluding carboxylic acids is 2. The van der Waals surface area contributed by atoms with E-state index in [4.69, 9.17) is 9.47 Å². The molecule has 0 fully saturated rings.